The van der Waals surface area contributed by atoms with Gasteiger partial charge < -0.3 is 11.1 Å². The minimum Gasteiger partial charge on any atom is -0.356 e. The highest BCUT2D eigenvalue weighted by Crippen LogP contribution is 2.27. The molecule has 1 amide bonds. The van der Waals surface area contributed by atoms with Crippen molar-refractivity contribution in [2.75, 3.05) is 6.54 Å². The van der Waals surface area contributed by atoms with E-state index in [9.17, 15) is 4.79 Å². The molecule has 0 aromatic heterocycles. The molecular weight excluding hydrogens is 248 g/mol. The molecule has 0 saturated heterocycles. The number of hydrogen-bond donors (Lipinski definition) is 2. The van der Waals surface area contributed by atoms with Crippen molar-refractivity contribution >= 4 is 5.91 Å². The van der Waals surface area contributed by atoms with E-state index in [4.69, 9.17) is 5.73 Å². The Morgan fingerprint density at radius 1 is 1.35 bits per heavy atom. The maximum Gasteiger partial charge on any atom is 0.221 e. The van der Waals surface area contributed by atoms with Crippen molar-refractivity contribution < 1.29 is 4.79 Å². The van der Waals surface area contributed by atoms with Crippen LogP contribution in [0.25, 0.3) is 0 Å². The predicted octanol–water partition coefficient (Wildman–Crippen LogP) is 3.02. The predicted molar refractivity (Wildman–Crippen MR) is 82.1 cm³/mol. The molecule has 3 atom stereocenters. The zero-order chi connectivity index (χ0) is 14.4. The molecular formula is C17H26N2O. The van der Waals surface area contributed by atoms with Gasteiger partial charge in [-0.05, 0) is 30.2 Å². The minimum absolute atomic E-state index is 0.0691. The monoisotopic (exact) mass is 274 g/mol. The summed E-state index contributed by atoms with van der Waals surface area (Å²) in [6.07, 6.45) is 5.49. The number of carbonyl (C=O) groups is 1. The first-order valence-corrected chi connectivity index (χ1v) is 7.72. The summed E-state index contributed by atoms with van der Waals surface area (Å²) in [6.45, 7) is 3.12. The number of rotatable bonds is 5. The molecule has 1 aromatic carbocycles. The van der Waals surface area contributed by atoms with Crippen molar-refractivity contribution in [3.63, 3.8) is 0 Å². The van der Waals surface area contributed by atoms with Crippen molar-refractivity contribution in [1.29, 1.82) is 0 Å². The lowest BCUT2D eigenvalue weighted by molar-refractivity contribution is -0.121. The van der Waals surface area contributed by atoms with Crippen LogP contribution in [-0.2, 0) is 4.79 Å². The Balaban J connectivity index is 1.72. The molecule has 3 nitrogen and oxygen atoms in total. The summed E-state index contributed by atoms with van der Waals surface area (Å²) in [5, 5.41) is 3.05. The molecule has 3 unspecified atom stereocenters. The minimum atomic E-state index is -0.207. The van der Waals surface area contributed by atoms with E-state index in [2.05, 4.69) is 12.2 Å². The molecule has 0 bridgehead atoms. The van der Waals surface area contributed by atoms with Gasteiger partial charge in [0.25, 0.3) is 0 Å². The average Bonchev–Trinajstić information content (AvgIpc) is 2.46. The third-order valence-corrected chi connectivity index (χ3v) is 4.27. The number of amides is 1. The number of hydrogen-bond acceptors (Lipinski definition) is 2. The van der Waals surface area contributed by atoms with E-state index in [1.807, 2.05) is 30.3 Å². The fourth-order valence-electron chi connectivity index (χ4n) is 3.09. The first-order valence-electron chi connectivity index (χ1n) is 7.72. The lowest BCUT2D eigenvalue weighted by Gasteiger charge is -2.27. The van der Waals surface area contributed by atoms with Gasteiger partial charge in [-0.2, -0.15) is 0 Å². The van der Waals surface area contributed by atoms with Gasteiger partial charge in [0.2, 0.25) is 5.91 Å². The van der Waals surface area contributed by atoms with Gasteiger partial charge in [0.1, 0.15) is 0 Å². The van der Waals surface area contributed by atoms with E-state index in [0.717, 1.165) is 18.0 Å². The van der Waals surface area contributed by atoms with Gasteiger partial charge in [-0.15, -0.1) is 0 Å². The second kappa shape index (κ2) is 7.44. The van der Waals surface area contributed by atoms with Crippen LogP contribution in [0, 0.1) is 11.8 Å². The Morgan fingerprint density at radius 2 is 2.10 bits per heavy atom. The molecule has 1 aromatic rings. The molecule has 110 valence electrons. The number of carbonyl (C=O) groups excluding carboxylic acids is 1. The third-order valence-electron chi connectivity index (χ3n) is 4.27. The lowest BCUT2D eigenvalue weighted by atomic mass is 9.82. The van der Waals surface area contributed by atoms with Crippen molar-refractivity contribution in [3.05, 3.63) is 35.9 Å². The highest BCUT2D eigenvalue weighted by atomic mass is 16.1. The van der Waals surface area contributed by atoms with Crippen LogP contribution in [0.4, 0.5) is 0 Å². The van der Waals surface area contributed by atoms with Gasteiger partial charge in [0, 0.05) is 19.0 Å². The SMILES string of the molecule is CC1CCCC(CNC(=O)CC(N)c2ccccc2)C1. The van der Waals surface area contributed by atoms with Gasteiger partial charge in [0.15, 0.2) is 0 Å². The van der Waals surface area contributed by atoms with Gasteiger partial charge >= 0.3 is 0 Å². The van der Waals surface area contributed by atoms with E-state index in [0.29, 0.717) is 12.3 Å². The summed E-state index contributed by atoms with van der Waals surface area (Å²) in [7, 11) is 0. The standard InChI is InChI=1S/C17H26N2O/c1-13-6-5-7-14(10-13)12-19-17(20)11-16(18)15-8-3-2-4-9-15/h2-4,8-9,13-14,16H,5-7,10-12,18H2,1H3,(H,19,20). The molecule has 0 spiro atoms. The second-order valence-electron chi connectivity index (χ2n) is 6.16. The van der Waals surface area contributed by atoms with Crippen molar-refractivity contribution in [2.24, 2.45) is 17.6 Å². The van der Waals surface area contributed by atoms with Crippen LogP contribution in [0.3, 0.4) is 0 Å². The molecule has 0 radical (unpaired) electrons. The Morgan fingerprint density at radius 3 is 2.80 bits per heavy atom. The number of nitrogens with two attached hydrogens (primary N) is 1. The molecule has 1 aliphatic carbocycles. The summed E-state index contributed by atoms with van der Waals surface area (Å²) >= 11 is 0. The zero-order valence-electron chi connectivity index (χ0n) is 12.3. The summed E-state index contributed by atoms with van der Waals surface area (Å²) in [5.41, 5.74) is 7.09. The van der Waals surface area contributed by atoms with Gasteiger partial charge in [-0.3, -0.25) is 4.79 Å². The summed E-state index contributed by atoms with van der Waals surface area (Å²) in [4.78, 5) is 12.0. The summed E-state index contributed by atoms with van der Waals surface area (Å²) in [6, 6.07) is 9.61. The van der Waals surface area contributed by atoms with Crippen LogP contribution < -0.4 is 11.1 Å². The fraction of sp³-hybridized carbons (Fsp3) is 0.588. The molecule has 20 heavy (non-hydrogen) atoms. The van der Waals surface area contributed by atoms with Gasteiger partial charge in [0.05, 0.1) is 0 Å². The van der Waals surface area contributed by atoms with Crippen LogP contribution in [0.15, 0.2) is 30.3 Å². The lowest BCUT2D eigenvalue weighted by Crippen LogP contribution is -2.33. The van der Waals surface area contributed by atoms with E-state index in [1.54, 1.807) is 0 Å². The number of nitrogens with one attached hydrogen (secondary N) is 1. The molecule has 0 heterocycles. The van der Waals surface area contributed by atoms with E-state index >= 15 is 0 Å². The maximum atomic E-state index is 12.0. The van der Waals surface area contributed by atoms with Gasteiger partial charge in [-0.1, -0.05) is 50.1 Å². The third kappa shape index (κ3) is 4.64. The first-order chi connectivity index (χ1) is 9.65. The fourth-order valence-corrected chi connectivity index (χ4v) is 3.09. The molecule has 3 heteroatoms. The average molecular weight is 274 g/mol. The normalized spacial score (nSPS) is 24.1. The Hall–Kier alpha value is -1.35. The van der Waals surface area contributed by atoms with Crippen molar-refractivity contribution in [2.45, 2.75) is 45.1 Å². The smallest absolute Gasteiger partial charge is 0.221 e. The maximum absolute atomic E-state index is 12.0. The highest BCUT2D eigenvalue weighted by Gasteiger charge is 2.19. The quantitative estimate of drug-likeness (QED) is 0.867. The van der Waals surface area contributed by atoms with E-state index in [-0.39, 0.29) is 11.9 Å². The largest absolute Gasteiger partial charge is 0.356 e. The molecule has 1 aliphatic rings. The van der Waals surface area contributed by atoms with E-state index < -0.39 is 0 Å². The highest BCUT2D eigenvalue weighted by molar-refractivity contribution is 5.76. The molecule has 1 fully saturated rings. The van der Waals surface area contributed by atoms with Crippen LogP contribution in [0.5, 0.6) is 0 Å². The van der Waals surface area contributed by atoms with Crippen LogP contribution in [0.2, 0.25) is 0 Å². The Labute approximate surface area is 121 Å². The van der Waals surface area contributed by atoms with Crippen molar-refractivity contribution in [1.82, 2.24) is 5.32 Å². The first kappa shape index (κ1) is 15.0. The topological polar surface area (TPSA) is 55.1 Å². The molecule has 3 N–H and O–H groups in total. The van der Waals surface area contributed by atoms with Crippen LogP contribution in [0.1, 0.15) is 50.6 Å². The molecule has 2 rings (SSSR count). The number of benzene rings is 1. The Kier molecular flexibility index (Phi) is 5.60. The van der Waals surface area contributed by atoms with Crippen molar-refractivity contribution in [3.8, 4) is 0 Å². The second-order valence-corrected chi connectivity index (χ2v) is 6.16. The van der Waals surface area contributed by atoms with Crippen LogP contribution >= 0.6 is 0 Å². The molecule has 1 saturated carbocycles. The van der Waals surface area contributed by atoms with Gasteiger partial charge in [-0.25, -0.2) is 0 Å². The van der Waals surface area contributed by atoms with Crippen LogP contribution in [-0.4, -0.2) is 12.5 Å². The summed E-state index contributed by atoms with van der Waals surface area (Å²) < 4.78 is 0. The zero-order valence-corrected chi connectivity index (χ0v) is 12.3. The van der Waals surface area contributed by atoms with E-state index in [1.165, 1.54) is 25.7 Å². The Bertz CT molecular complexity index is 418. The summed E-state index contributed by atoms with van der Waals surface area (Å²) in [5.74, 6) is 1.52. The molecule has 0 aliphatic heterocycles.